The lowest BCUT2D eigenvalue weighted by Gasteiger charge is -2.26. The standard InChI is InChI=1S/C19H21N5O3/c1-13-6-7-15(27-13)18-21-19(24(22-18)12-16(25)26)17(23-9-2-3-10-23)14-5-4-8-20-11-14/h4-8,11,17H,2-3,9-10,12H2,1H3,(H,25,26). The van der Waals surface area contributed by atoms with Crippen LogP contribution < -0.4 is 0 Å². The topological polar surface area (TPSA) is 97.3 Å². The molecular weight excluding hydrogens is 346 g/mol. The second-order valence-corrected chi connectivity index (χ2v) is 6.69. The summed E-state index contributed by atoms with van der Waals surface area (Å²) in [4.78, 5) is 22.7. The molecule has 0 radical (unpaired) electrons. The highest BCUT2D eigenvalue weighted by molar-refractivity contribution is 5.66. The summed E-state index contributed by atoms with van der Waals surface area (Å²) < 4.78 is 7.11. The number of aromatic nitrogens is 4. The lowest BCUT2D eigenvalue weighted by Crippen LogP contribution is -2.30. The molecule has 1 aliphatic heterocycles. The number of aryl methyl sites for hydroxylation is 1. The van der Waals surface area contributed by atoms with Gasteiger partial charge in [0.05, 0.1) is 6.04 Å². The fourth-order valence-electron chi connectivity index (χ4n) is 3.52. The van der Waals surface area contributed by atoms with Crippen molar-refractivity contribution in [1.82, 2.24) is 24.6 Å². The molecule has 8 nitrogen and oxygen atoms in total. The first-order chi connectivity index (χ1) is 13.1. The average Bonchev–Trinajstić information content (AvgIpc) is 3.38. The number of rotatable bonds is 6. The Morgan fingerprint density at radius 1 is 1.30 bits per heavy atom. The van der Waals surface area contributed by atoms with Gasteiger partial charge in [0.1, 0.15) is 18.1 Å². The number of carboxylic acid groups (broad SMARTS) is 1. The maximum atomic E-state index is 11.4. The zero-order valence-corrected chi connectivity index (χ0v) is 15.1. The van der Waals surface area contributed by atoms with Gasteiger partial charge in [0.2, 0.25) is 5.82 Å². The molecule has 4 heterocycles. The van der Waals surface area contributed by atoms with Crippen molar-refractivity contribution in [3.05, 3.63) is 53.8 Å². The Bertz CT molecular complexity index is 928. The minimum Gasteiger partial charge on any atom is -0.480 e. The number of furan rings is 1. The molecule has 0 aromatic carbocycles. The summed E-state index contributed by atoms with van der Waals surface area (Å²) in [5.74, 6) is 1.31. The van der Waals surface area contributed by atoms with E-state index in [1.54, 1.807) is 18.5 Å². The van der Waals surface area contributed by atoms with Crippen molar-refractivity contribution in [2.75, 3.05) is 13.1 Å². The van der Waals surface area contributed by atoms with Gasteiger partial charge in [-0.2, -0.15) is 0 Å². The zero-order chi connectivity index (χ0) is 18.8. The molecule has 3 aromatic heterocycles. The monoisotopic (exact) mass is 367 g/mol. The summed E-state index contributed by atoms with van der Waals surface area (Å²) in [7, 11) is 0. The van der Waals surface area contributed by atoms with E-state index < -0.39 is 5.97 Å². The van der Waals surface area contributed by atoms with E-state index in [1.165, 1.54) is 4.68 Å². The van der Waals surface area contributed by atoms with Gasteiger partial charge >= 0.3 is 5.97 Å². The Morgan fingerprint density at radius 3 is 2.74 bits per heavy atom. The highest BCUT2D eigenvalue weighted by Gasteiger charge is 2.31. The van der Waals surface area contributed by atoms with Crippen LogP contribution in [-0.2, 0) is 11.3 Å². The molecule has 1 N–H and O–H groups in total. The Labute approximate surface area is 156 Å². The summed E-state index contributed by atoms with van der Waals surface area (Å²) in [6.07, 6.45) is 5.74. The number of pyridine rings is 1. The third-order valence-electron chi connectivity index (χ3n) is 4.70. The van der Waals surface area contributed by atoms with E-state index in [-0.39, 0.29) is 12.6 Å². The SMILES string of the molecule is Cc1ccc(-c2nc(C(c3cccnc3)N3CCCC3)n(CC(=O)O)n2)o1. The van der Waals surface area contributed by atoms with Gasteiger partial charge in [0.15, 0.2) is 5.76 Å². The lowest BCUT2D eigenvalue weighted by atomic mass is 10.1. The van der Waals surface area contributed by atoms with Gasteiger partial charge in [-0.05, 0) is 56.6 Å². The Balaban J connectivity index is 1.82. The fourth-order valence-corrected chi connectivity index (χ4v) is 3.52. The van der Waals surface area contributed by atoms with Crippen molar-refractivity contribution in [3.63, 3.8) is 0 Å². The molecule has 27 heavy (non-hydrogen) atoms. The maximum absolute atomic E-state index is 11.4. The van der Waals surface area contributed by atoms with E-state index in [2.05, 4.69) is 15.0 Å². The second kappa shape index (κ2) is 7.32. The van der Waals surface area contributed by atoms with Gasteiger partial charge in [-0.25, -0.2) is 9.67 Å². The zero-order valence-electron chi connectivity index (χ0n) is 15.1. The number of hydrogen-bond acceptors (Lipinski definition) is 6. The van der Waals surface area contributed by atoms with Crippen LogP contribution in [0.15, 0.2) is 41.1 Å². The van der Waals surface area contributed by atoms with E-state index in [4.69, 9.17) is 9.40 Å². The first-order valence-electron chi connectivity index (χ1n) is 8.99. The van der Waals surface area contributed by atoms with Crippen LogP contribution >= 0.6 is 0 Å². The Kier molecular flexibility index (Phi) is 4.72. The maximum Gasteiger partial charge on any atom is 0.325 e. The van der Waals surface area contributed by atoms with Crippen LogP contribution in [0.1, 0.15) is 36.0 Å². The van der Waals surface area contributed by atoms with Crippen molar-refractivity contribution < 1.29 is 14.3 Å². The molecule has 0 spiro atoms. The number of aliphatic carboxylic acids is 1. The van der Waals surface area contributed by atoms with Crippen molar-refractivity contribution in [3.8, 4) is 11.6 Å². The molecule has 1 saturated heterocycles. The molecule has 0 saturated carbocycles. The minimum absolute atomic E-state index is 0.196. The van der Waals surface area contributed by atoms with Gasteiger partial charge < -0.3 is 9.52 Å². The van der Waals surface area contributed by atoms with E-state index in [0.29, 0.717) is 17.4 Å². The summed E-state index contributed by atoms with van der Waals surface area (Å²) >= 11 is 0. The minimum atomic E-state index is -0.963. The van der Waals surface area contributed by atoms with E-state index in [0.717, 1.165) is 37.3 Å². The van der Waals surface area contributed by atoms with Crippen molar-refractivity contribution >= 4 is 5.97 Å². The van der Waals surface area contributed by atoms with E-state index in [9.17, 15) is 9.90 Å². The average molecular weight is 367 g/mol. The van der Waals surface area contributed by atoms with Crippen LogP contribution in [0.2, 0.25) is 0 Å². The molecule has 4 rings (SSSR count). The fraction of sp³-hybridized carbons (Fsp3) is 0.368. The third-order valence-corrected chi connectivity index (χ3v) is 4.70. The molecule has 1 aliphatic rings. The third kappa shape index (κ3) is 3.61. The summed E-state index contributed by atoms with van der Waals surface area (Å²) in [5, 5.41) is 13.8. The number of likely N-dealkylation sites (tertiary alicyclic amines) is 1. The molecule has 0 aliphatic carbocycles. The van der Waals surface area contributed by atoms with E-state index >= 15 is 0 Å². The molecule has 1 atom stereocenters. The predicted molar refractivity (Wildman–Crippen MR) is 97.0 cm³/mol. The van der Waals surface area contributed by atoms with Crippen LogP contribution in [0.4, 0.5) is 0 Å². The molecule has 0 bridgehead atoms. The molecule has 8 heteroatoms. The van der Waals surface area contributed by atoms with Crippen LogP contribution in [0.3, 0.4) is 0 Å². The van der Waals surface area contributed by atoms with Crippen molar-refractivity contribution in [2.45, 2.75) is 32.4 Å². The van der Waals surface area contributed by atoms with E-state index in [1.807, 2.05) is 25.1 Å². The van der Waals surface area contributed by atoms with Gasteiger partial charge in [-0.15, -0.1) is 5.10 Å². The molecular formula is C19H21N5O3. The normalized spacial score (nSPS) is 15.9. The Hall–Kier alpha value is -3.00. The van der Waals surface area contributed by atoms with Crippen molar-refractivity contribution in [1.29, 1.82) is 0 Å². The molecule has 3 aromatic rings. The largest absolute Gasteiger partial charge is 0.480 e. The second-order valence-electron chi connectivity index (χ2n) is 6.69. The van der Waals surface area contributed by atoms with Crippen LogP contribution in [-0.4, -0.2) is 48.8 Å². The predicted octanol–water partition coefficient (Wildman–Crippen LogP) is 2.51. The smallest absolute Gasteiger partial charge is 0.325 e. The number of carbonyl (C=O) groups is 1. The van der Waals surface area contributed by atoms with Gasteiger partial charge in [-0.3, -0.25) is 14.7 Å². The lowest BCUT2D eigenvalue weighted by molar-refractivity contribution is -0.138. The quantitative estimate of drug-likeness (QED) is 0.715. The molecule has 0 amide bonds. The first kappa shape index (κ1) is 17.4. The molecule has 140 valence electrons. The Morgan fingerprint density at radius 2 is 2.11 bits per heavy atom. The number of carboxylic acids is 1. The van der Waals surface area contributed by atoms with Crippen LogP contribution in [0, 0.1) is 6.92 Å². The number of nitrogens with zero attached hydrogens (tertiary/aromatic N) is 5. The highest BCUT2D eigenvalue weighted by atomic mass is 16.4. The summed E-state index contributed by atoms with van der Waals surface area (Å²) in [5.41, 5.74) is 0.973. The summed E-state index contributed by atoms with van der Waals surface area (Å²) in [6.45, 7) is 3.44. The van der Waals surface area contributed by atoms with Crippen molar-refractivity contribution in [2.24, 2.45) is 0 Å². The molecule has 1 unspecified atom stereocenters. The van der Waals surface area contributed by atoms with Crippen LogP contribution in [0.5, 0.6) is 0 Å². The van der Waals surface area contributed by atoms with Crippen LogP contribution in [0.25, 0.3) is 11.6 Å². The molecule has 1 fully saturated rings. The first-order valence-corrected chi connectivity index (χ1v) is 8.99. The highest BCUT2D eigenvalue weighted by Crippen LogP contribution is 2.31. The summed E-state index contributed by atoms with van der Waals surface area (Å²) in [6, 6.07) is 7.32. The van der Waals surface area contributed by atoms with Gasteiger partial charge in [0.25, 0.3) is 0 Å². The van der Waals surface area contributed by atoms with Gasteiger partial charge in [0, 0.05) is 12.4 Å². The number of hydrogen-bond donors (Lipinski definition) is 1. The van der Waals surface area contributed by atoms with Gasteiger partial charge in [-0.1, -0.05) is 6.07 Å².